The second-order valence-corrected chi connectivity index (χ2v) is 4.96. The summed E-state index contributed by atoms with van der Waals surface area (Å²) >= 11 is 9.06. The Morgan fingerprint density at radius 3 is 2.59 bits per heavy atom. The number of nitrogens with zero attached hydrogens (tertiary/aromatic N) is 1. The highest BCUT2D eigenvalue weighted by Crippen LogP contribution is 2.17. The van der Waals surface area contributed by atoms with Crippen molar-refractivity contribution >= 4 is 33.5 Å². The van der Waals surface area contributed by atoms with Crippen LogP contribution in [0.1, 0.15) is 16.1 Å². The van der Waals surface area contributed by atoms with Crippen LogP contribution in [0.25, 0.3) is 0 Å². The van der Waals surface area contributed by atoms with Crippen LogP contribution in [0.2, 0.25) is 5.02 Å². The Morgan fingerprint density at radius 1 is 1.35 bits per heavy atom. The zero-order valence-corrected chi connectivity index (χ0v) is 11.1. The number of carboxylic acids is 1. The second-order valence-electron chi connectivity index (χ2n) is 3.60. The van der Waals surface area contributed by atoms with Crippen LogP contribution in [0.4, 0.5) is 0 Å². The number of benzene rings is 1. The molecule has 0 fully saturated rings. The summed E-state index contributed by atoms with van der Waals surface area (Å²) in [6, 6.07) is 8.91. The van der Waals surface area contributed by atoms with Gasteiger partial charge in [0.2, 0.25) is 0 Å². The number of hydrogen-bond donors (Lipinski definition) is 1. The number of rotatable bonds is 3. The van der Waals surface area contributed by atoms with Crippen molar-refractivity contribution < 1.29 is 9.90 Å². The molecule has 0 unspecified atom stereocenters. The van der Waals surface area contributed by atoms with Gasteiger partial charge < -0.3 is 9.67 Å². The average molecular weight is 315 g/mol. The summed E-state index contributed by atoms with van der Waals surface area (Å²) in [5, 5.41) is 9.71. The van der Waals surface area contributed by atoms with Gasteiger partial charge in [-0.1, -0.05) is 23.7 Å². The molecule has 17 heavy (non-hydrogen) atoms. The monoisotopic (exact) mass is 313 g/mol. The molecule has 1 aromatic carbocycles. The molecule has 2 aromatic rings. The summed E-state index contributed by atoms with van der Waals surface area (Å²) in [5.74, 6) is -0.940. The van der Waals surface area contributed by atoms with Gasteiger partial charge in [-0.05, 0) is 39.7 Å². The Balaban J connectivity index is 2.29. The third kappa shape index (κ3) is 2.90. The Labute approximate surface area is 112 Å². The van der Waals surface area contributed by atoms with E-state index in [1.54, 1.807) is 29.0 Å². The maximum absolute atomic E-state index is 11.0. The lowest BCUT2D eigenvalue weighted by Gasteiger charge is -2.06. The van der Waals surface area contributed by atoms with E-state index < -0.39 is 5.97 Å². The smallest absolute Gasteiger partial charge is 0.352 e. The molecule has 1 heterocycles. The van der Waals surface area contributed by atoms with Crippen LogP contribution in [0.5, 0.6) is 0 Å². The van der Waals surface area contributed by atoms with Gasteiger partial charge in [0, 0.05) is 22.2 Å². The van der Waals surface area contributed by atoms with Crippen LogP contribution < -0.4 is 0 Å². The Kier molecular flexibility index (Phi) is 3.54. The first-order chi connectivity index (χ1) is 8.06. The van der Waals surface area contributed by atoms with Gasteiger partial charge in [0.15, 0.2) is 0 Å². The Hall–Kier alpha value is -1.26. The molecule has 0 amide bonds. The van der Waals surface area contributed by atoms with Gasteiger partial charge in [0.25, 0.3) is 0 Å². The lowest BCUT2D eigenvalue weighted by atomic mass is 10.2. The Morgan fingerprint density at radius 2 is 2.00 bits per heavy atom. The van der Waals surface area contributed by atoms with Crippen molar-refractivity contribution in [3.05, 3.63) is 57.3 Å². The van der Waals surface area contributed by atoms with E-state index in [9.17, 15) is 4.79 Å². The zero-order valence-electron chi connectivity index (χ0n) is 8.73. The molecule has 0 atom stereocenters. The molecule has 2 rings (SSSR count). The highest BCUT2D eigenvalue weighted by atomic mass is 79.9. The quantitative estimate of drug-likeness (QED) is 0.939. The van der Waals surface area contributed by atoms with Crippen LogP contribution in [0.15, 0.2) is 41.0 Å². The van der Waals surface area contributed by atoms with E-state index in [2.05, 4.69) is 15.9 Å². The molecule has 0 radical (unpaired) electrons. The minimum Gasteiger partial charge on any atom is -0.477 e. The van der Waals surface area contributed by atoms with Crippen molar-refractivity contribution in [2.24, 2.45) is 0 Å². The molecule has 0 saturated carbocycles. The minimum atomic E-state index is -0.940. The van der Waals surface area contributed by atoms with E-state index in [1.807, 2.05) is 12.1 Å². The maximum Gasteiger partial charge on any atom is 0.352 e. The van der Waals surface area contributed by atoms with Gasteiger partial charge in [0.05, 0.1) is 0 Å². The number of carbonyl (C=O) groups is 1. The van der Waals surface area contributed by atoms with E-state index in [0.717, 1.165) is 10.0 Å². The topological polar surface area (TPSA) is 42.2 Å². The maximum atomic E-state index is 11.0. The molecule has 0 saturated heterocycles. The fraction of sp³-hybridized carbons (Fsp3) is 0.0833. The lowest BCUT2D eigenvalue weighted by molar-refractivity contribution is 0.0685. The van der Waals surface area contributed by atoms with Crippen molar-refractivity contribution in [1.29, 1.82) is 0 Å². The molecule has 5 heteroatoms. The second kappa shape index (κ2) is 4.94. The third-order valence-corrected chi connectivity index (χ3v) is 3.03. The summed E-state index contributed by atoms with van der Waals surface area (Å²) < 4.78 is 2.43. The predicted molar refractivity (Wildman–Crippen MR) is 69.6 cm³/mol. The van der Waals surface area contributed by atoms with Gasteiger partial charge in [0.1, 0.15) is 5.69 Å². The predicted octanol–water partition coefficient (Wildman–Crippen LogP) is 3.65. The first-order valence-electron chi connectivity index (χ1n) is 4.89. The largest absolute Gasteiger partial charge is 0.477 e. The fourth-order valence-electron chi connectivity index (χ4n) is 1.57. The lowest BCUT2D eigenvalue weighted by Crippen LogP contribution is -2.08. The summed E-state index contributed by atoms with van der Waals surface area (Å²) in [5.41, 5.74) is 1.26. The van der Waals surface area contributed by atoms with Crippen LogP contribution in [0, 0.1) is 0 Å². The normalized spacial score (nSPS) is 10.5. The van der Waals surface area contributed by atoms with Gasteiger partial charge in [-0.25, -0.2) is 4.79 Å². The molecule has 0 bridgehead atoms. The SMILES string of the molecule is O=C(O)c1cc(Br)cn1Cc1ccc(Cl)cc1. The van der Waals surface area contributed by atoms with Crippen molar-refractivity contribution in [1.82, 2.24) is 4.57 Å². The van der Waals surface area contributed by atoms with E-state index in [1.165, 1.54) is 0 Å². The van der Waals surface area contributed by atoms with E-state index in [0.29, 0.717) is 11.6 Å². The van der Waals surface area contributed by atoms with Gasteiger partial charge >= 0.3 is 5.97 Å². The average Bonchev–Trinajstić information content (AvgIpc) is 2.63. The molecule has 88 valence electrons. The first-order valence-corrected chi connectivity index (χ1v) is 6.07. The number of carboxylic acid groups (broad SMARTS) is 1. The van der Waals surface area contributed by atoms with Crippen molar-refractivity contribution in [3.63, 3.8) is 0 Å². The van der Waals surface area contributed by atoms with Crippen molar-refractivity contribution in [2.45, 2.75) is 6.54 Å². The van der Waals surface area contributed by atoms with E-state index in [4.69, 9.17) is 16.7 Å². The standard InChI is InChI=1S/C12H9BrClNO2/c13-9-5-11(12(16)17)15(7-9)6-8-1-3-10(14)4-2-8/h1-5,7H,6H2,(H,16,17). The van der Waals surface area contributed by atoms with Gasteiger partial charge in [-0.2, -0.15) is 0 Å². The molecular formula is C12H9BrClNO2. The number of hydrogen-bond acceptors (Lipinski definition) is 1. The number of aromatic carboxylic acids is 1. The molecule has 1 N–H and O–H groups in total. The molecular weight excluding hydrogens is 305 g/mol. The van der Waals surface area contributed by atoms with Crippen molar-refractivity contribution in [2.75, 3.05) is 0 Å². The summed E-state index contributed by atoms with van der Waals surface area (Å²) in [6.45, 7) is 0.504. The van der Waals surface area contributed by atoms with Gasteiger partial charge in [-0.3, -0.25) is 0 Å². The highest BCUT2D eigenvalue weighted by Gasteiger charge is 2.11. The number of aromatic nitrogens is 1. The van der Waals surface area contributed by atoms with E-state index >= 15 is 0 Å². The third-order valence-electron chi connectivity index (χ3n) is 2.35. The fourth-order valence-corrected chi connectivity index (χ4v) is 2.16. The summed E-state index contributed by atoms with van der Waals surface area (Å²) in [7, 11) is 0. The summed E-state index contributed by atoms with van der Waals surface area (Å²) in [4.78, 5) is 11.0. The minimum absolute atomic E-state index is 0.256. The van der Waals surface area contributed by atoms with Crippen LogP contribution >= 0.6 is 27.5 Å². The molecule has 0 spiro atoms. The molecule has 0 aliphatic heterocycles. The molecule has 3 nitrogen and oxygen atoms in total. The van der Waals surface area contributed by atoms with Crippen LogP contribution in [0.3, 0.4) is 0 Å². The zero-order chi connectivity index (χ0) is 12.4. The van der Waals surface area contributed by atoms with Crippen molar-refractivity contribution in [3.8, 4) is 0 Å². The molecule has 0 aliphatic rings. The summed E-state index contributed by atoms with van der Waals surface area (Å²) in [6.07, 6.45) is 1.75. The van der Waals surface area contributed by atoms with E-state index in [-0.39, 0.29) is 5.69 Å². The number of halogens is 2. The molecule has 1 aromatic heterocycles. The van der Waals surface area contributed by atoms with Crippen LogP contribution in [-0.4, -0.2) is 15.6 Å². The van der Waals surface area contributed by atoms with Crippen LogP contribution in [-0.2, 0) is 6.54 Å². The Bertz CT molecular complexity index is 548. The first kappa shape index (κ1) is 12.2. The van der Waals surface area contributed by atoms with Gasteiger partial charge in [-0.15, -0.1) is 0 Å². The molecule has 0 aliphatic carbocycles. The highest BCUT2D eigenvalue weighted by molar-refractivity contribution is 9.10.